The Kier molecular flexibility index (Phi) is 3.95. The standard InChI is InChI=1S/C12H17N5O/c1-3-14-11-9(2)12(16-8-15-11)17-4-5-18-10(6-13)7-17/h8,10H,3-5,7H2,1-2H3,(H,14,15,16). The Morgan fingerprint density at radius 3 is 3.17 bits per heavy atom. The lowest BCUT2D eigenvalue weighted by molar-refractivity contribution is 0.0761. The van der Waals surface area contributed by atoms with Gasteiger partial charge in [0, 0.05) is 18.7 Å². The van der Waals surface area contributed by atoms with Gasteiger partial charge in [-0.2, -0.15) is 5.26 Å². The molecular weight excluding hydrogens is 230 g/mol. The van der Waals surface area contributed by atoms with E-state index >= 15 is 0 Å². The Bertz CT molecular complexity index is 456. The lowest BCUT2D eigenvalue weighted by atomic mass is 10.2. The molecule has 2 heterocycles. The molecule has 6 nitrogen and oxygen atoms in total. The summed E-state index contributed by atoms with van der Waals surface area (Å²) in [6, 6.07) is 2.14. The first-order chi connectivity index (χ1) is 8.76. The third-order valence-electron chi connectivity index (χ3n) is 2.91. The second-order valence-corrected chi connectivity index (χ2v) is 4.14. The first kappa shape index (κ1) is 12.6. The summed E-state index contributed by atoms with van der Waals surface area (Å²) >= 11 is 0. The SMILES string of the molecule is CCNc1ncnc(N2CCOC(C#N)C2)c1C. The molecule has 2 rings (SSSR count). The molecule has 1 saturated heterocycles. The Balaban J connectivity index is 2.22. The fourth-order valence-electron chi connectivity index (χ4n) is 2.03. The van der Waals surface area contributed by atoms with Crippen molar-refractivity contribution in [3.05, 3.63) is 11.9 Å². The molecule has 0 saturated carbocycles. The zero-order valence-corrected chi connectivity index (χ0v) is 10.7. The molecule has 0 spiro atoms. The zero-order chi connectivity index (χ0) is 13.0. The van der Waals surface area contributed by atoms with Gasteiger partial charge in [0.15, 0.2) is 6.10 Å². The molecule has 1 aliphatic rings. The molecule has 18 heavy (non-hydrogen) atoms. The van der Waals surface area contributed by atoms with Crippen LogP contribution in [0.1, 0.15) is 12.5 Å². The van der Waals surface area contributed by atoms with Gasteiger partial charge in [-0.15, -0.1) is 0 Å². The van der Waals surface area contributed by atoms with Crippen molar-refractivity contribution in [2.75, 3.05) is 36.5 Å². The first-order valence-electron chi connectivity index (χ1n) is 6.08. The van der Waals surface area contributed by atoms with Gasteiger partial charge in [0.1, 0.15) is 18.0 Å². The van der Waals surface area contributed by atoms with E-state index in [-0.39, 0.29) is 6.10 Å². The molecule has 96 valence electrons. The van der Waals surface area contributed by atoms with Crippen LogP contribution in [0.15, 0.2) is 6.33 Å². The van der Waals surface area contributed by atoms with Gasteiger partial charge >= 0.3 is 0 Å². The number of nitrogens with one attached hydrogen (secondary N) is 1. The highest BCUT2D eigenvalue weighted by Crippen LogP contribution is 2.23. The number of anilines is 2. The van der Waals surface area contributed by atoms with Crippen LogP contribution in [0.2, 0.25) is 0 Å². The molecule has 1 aromatic rings. The van der Waals surface area contributed by atoms with Gasteiger partial charge in [-0.3, -0.25) is 0 Å². The fraction of sp³-hybridized carbons (Fsp3) is 0.583. The van der Waals surface area contributed by atoms with Crippen LogP contribution in [0.4, 0.5) is 11.6 Å². The topological polar surface area (TPSA) is 74.1 Å². The van der Waals surface area contributed by atoms with E-state index in [1.165, 1.54) is 0 Å². The quantitative estimate of drug-likeness (QED) is 0.857. The predicted octanol–water partition coefficient (Wildman–Crippen LogP) is 0.946. The fourth-order valence-corrected chi connectivity index (χ4v) is 2.03. The second-order valence-electron chi connectivity index (χ2n) is 4.14. The summed E-state index contributed by atoms with van der Waals surface area (Å²) in [6.45, 7) is 6.70. The molecule has 1 fully saturated rings. The van der Waals surface area contributed by atoms with Gasteiger partial charge in [-0.25, -0.2) is 9.97 Å². The van der Waals surface area contributed by atoms with Gasteiger partial charge in [0.25, 0.3) is 0 Å². The monoisotopic (exact) mass is 247 g/mol. The van der Waals surface area contributed by atoms with Crippen LogP contribution in [0.3, 0.4) is 0 Å². The van der Waals surface area contributed by atoms with Crippen molar-refractivity contribution in [2.24, 2.45) is 0 Å². The molecule has 1 aliphatic heterocycles. The molecule has 0 amide bonds. The predicted molar refractivity (Wildman–Crippen MR) is 68.5 cm³/mol. The maximum absolute atomic E-state index is 8.92. The average molecular weight is 247 g/mol. The molecule has 6 heteroatoms. The van der Waals surface area contributed by atoms with Crippen molar-refractivity contribution in [3.8, 4) is 6.07 Å². The number of nitrogens with zero attached hydrogens (tertiary/aromatic N) is 4. The van der Waals surface area contributed by atoms with Gasteiger partial charge in [0.2, 0.25) is 0 Å². The Hall–Kier alpha value is -1.87. The van der Waals surface area contributed by atoms with Gasteiger partial charge in [-0.1, -0.05) is 0 Å². The third kappa shape index (κ3) is 2.51. The number of morpholine rings is 1. The van der Waals surface area contributed by atoms with Crippen molar-refractivity contribution >= 4 is 11.6 Å². The number of aromatic nitrogens is 2. The molecule has 1 aromatic heterocycles. The highest BCUT2D eigenvalue weighted by molar-refractivity contribution is 5.58. The van der Waals surface area contributed by atoms with Crippen molar-refractivity contribution in [2.45, 2.75) is 20.0 Å². The van der Waals surface area contributed by atoms with Gasteiger partial charge < -0.3 is 15.0 Å². The summed E-state index contributed by atoms with van der Waals surface area (Å²) in [4.78, 5) is 10.6. The number of rotatable bonds is 3. The van der Waals surface area contributed by atoms with E-state index < -0.39 is 0 Å². The van der Waals surface area contributed by atoms with E-state index in [1.807, 2.05) is 13.8 Å². The van der Waals surface area contributed by atoms with Crippen LogP contribution in [-0.4, -0.2) is 42.3 Å². The minimum Gasteiger partial charge on any atom is -0.370 e. The number of hydrogen-bond acceptors (Lipinski definition) is 6. The van der Waals surface area contributed by atoms with Gasteiger partial charge in [-0.05, 0) is 13.8 Å². The van der Waals surface area contributed by atoms with Crippen LogP contribution < -0.4 is 10.2 Å². The highest BCUT2D eigenvalue weighted by atomic mass is 16.5. The summed E-state index contributed by atoms with van der Waals surface area (Å²) in [7, 11) is 0. The summed E-state index contributed by atoms with van der Waals surface area (Å²) in [5, 5.41) is 12.1. The van der Waals surface area contributed by atoms with Crippen LogP contribution in [0, 0.1) is 18.3 Å². The molecule has 1 unspecified atom stereocenters. The molecule has 1 atom stereocenters. The van der Waals surface area contributed by atoms with Crippen LogP contribution >= 0.6 is 0 Å². The van der Waals surface area contributed by atoms with Crippen molar-refractivity contribution in [1.82, 2.24) is 9.97 Å². The highest BCUT2D eigenvalue weighted by Gasteiger charge is 2.23. The average Bonchev–Trinajstić information content (AvgIpc) is 2.41. The van der Waals surface area contributed by atoms with Crippen LogP contribution in [0.25, 0.3) is 0 Å². The number of ether oxygens (including phenoxy) is 1. The molecule has 1 N–H and O–H groups in total. The zero-order valence-electron chi connectivity index (χ0n) is 10.7. The summed E-state index contributed by atoms with van der Waals surface area (Å²) in [5.74, 6) is 1.73. The summed E-state index contributed by atoms with van der Waals surface area (Å²) in [5.41, 5.74) is 1.01. The lowest BCUT2D eigenvalue weighted by Crippen LogP contribution is -2.42. The number of hydrogen-bond donors (Lipinski definition) is 1. The summed E-state index contributed by atoms with van der Waals surface area (Å²) in [6.07, 6.45) is 1.17. The Labute approximate surface area is 107 Å². The third-order valence-corrected chi connectivity index (χ3v) is 2.91. The van der Waals surface area contributed by atoms with Crippen LogP contribution in [0.5, 0.6) is 0 Å². The molecule has 0 bridgehead atoms. The largest absolute Gasteiger partial charge is 0.370 e. The maximum atomic E-state index is 8.92. The molecular formula is C12H17N5O. The first-order valence-corrected chi connectivity index (χ1v) is 6.08. The maximum Gasteiger partial charge on any atom is 0.161 e. The van der Waals surface area contributed by atoms with E-state index in [9.17, 15) is 0 Å². The summed E-state index contributed by atoms with van der Waals surface area (Å²) < 4.78 is 5.33. The van der Waals surface area contributed by atoms with Crippen molar-refractivity contribution in [3.63, 3.8) is 0 Å². The van der Waals surface area contributed by atoms with E-state index in [0.717, 1.165) is 30.3 Å². The van der Waals surface area contributed by atoms with Crippen molar-refractivity contribution in [1.29, 1.82) is 5.26 Å². The van der Waals surface area contributed by atoms with Gasteiger partial charge in [0.05, 0.1) is 19.2 Å². The molecule has 0 aliphatic carbocycles. The second kappa shape index (κ2) is 5.65. The Morgan fingerprint density at radius 1 is 1.61 bits per heavy atom. The molecule has 0 aromatic carbocycles. The minimum atomic E-state index is -0.379. The van der Waals surface area contributed by atoms with Crippen molar-refractivity contribution < 1.29 is 4.74 Å². The normalized spacial score (nSPS) is 19.4. The molecule has 0 radical (unpaired) electrons. The Morgan fingerprint density at radius 2 is 2.44 bits per heavy atom. The lowest BCUT2D eigenvalue weighted by Gasteiger charge is -2.31. The van der Waals surface area contributed by atoms with E-state index in [2.05, 4.69) is 26.3 Å². The van der Waals surface area contributed by atoms with E-state index in [4.69, 9.17) is 10.00 Å². The smallest absolute Gasteiger partial charge is 0.161 e. The van der Waals surface area contributed by atoms with Crippen LogP contribution in [-0.2, 0) is 4.74 Å². The van der Waals surface area contributed by atoms with E-state index in [1.54, 1.807) is 6.33 Å². The van der Waals surface area contributed by atoms with E-state index in [0.29, 0.717) is 13.2 Å². The minimum absolute atomic E-state index is 0.379. The number of nitriles is 1.